The first-order valence-corrected chi connectivity index (χ1v) is 8.79. The summed E-state index contributed by atoms with van der Waals surface area (Å²) >= 11 is 5.77. The van der Waals surface area contributed by atoms with Crippen LogP contribution < -0.4 is 4.90 Å². The summed E-state index contributed by atoms with van der Waals surface area (Å²) in [4.78, 5) is 10.1. The van der Waals surface area contributed by atoms with E-state index in [1.807, 2.05) is 72.8 Å². The zero-order valence-electron chi connectivity index (χ0n) is 14.3. The number of rotatable bonds is 4. The maximum Gasteiger partial charge on any atom is 0.223 e. The molecule has 0 amide bonds. The Morgan fingerprint density at radius 1 is 0.741 bits per heavy atom. The molecule has 0 fully saturated rings. The predicted octanol–water partition coefficient (Wildman–Crippen LogP) is 6.41. The summed E-state index contributed by atoms with van der Waals surface area (Å²) in [5.41, 5.74) is 3.66. The third-order valence-electron chi connectivity index (χ3n) is 4.12. The van der Waals surface area contributed by atoms with Crippen molar-refractivity contribution in [2.24, 2.45) is 0 Å². The average molecular weight is 376 g/mol. The van der Waals surface area contributed by atoms with Crippen LogP contribution in [0.5, 0.6) is 0 Å². The van der Waals surface area contributed by atoms with Crippen LogP contribution in [0.15, 0.2) is 91.1 Å². The summed E-state index contributed by atoms with van der Waals surface area (Å²) in [5.74, 6) is -0.641. The van der Waals surface area contributed by atoms with Gasteiger partial charge in [0.25, 0.3) is 0 Å². The number of nitrogens with zero attached hydrogens (tertiary/aromatic N) is 3. The fraction of sp³-hybridized carbons (Fsp3) is 0. The van der Waals surface area contributed by atoms with Crippen LogP contribution in [0.25, 0.3) is 11.3 Å². The van der Waals surface area contributed by atoms with Crippen LogP contribution in [0.4, 0.5) is 21.5 Å². The normalized spacial score (nSPS) is 10.6. The van der Waals surface area contributed by atoms with Crippen LogP contribution in [0.3, 0.4) is 0 Å². The first kappa shape index (κ1) is 17.2. The average Bonchev–Trinajstić information content (AvgIpc) is 2.70. The molecule has 0 aliphatic carbocycles. The van der Waals surface area contributed by atoms with Gasteiger partial charge in [0.1, 0.15) is 5.15 Å². The molecule has 2 heterocycles. The molecular weight excluding hydrogens is 361 g/mol. The van der Waals surface area contributed by atoms with Crippen molar-refractivity contribution in [2.75, 3.05) is 4.90 Å². The van der Waals surface area contributed by atoms with E-state index < -0.39 is 5.95 Å². The molecule has 0 saturated carbocycles. The first-order chi connectivity index (χ1) is 13.2. The minimum atomic E-state index is -0.641. The molecule has 2 aromatic carbocycles. The van der Waals surface area contributed by atoms with Crippen molar-refractivity contribution in [1.82, 2.24) is 9.97 Å². The predicted molar refractivity (Wildman–Crippen MR) is 107 cm³/mol. The molecule has 4 rings (SSSR count). The second-order valence-electron chi connectivity index (χ2n) is 5.88. The second kappa shape index (κ2) is 7.56. The van der Waals surface area contributed by atoms with Crippen molar-refractivity contribution >= 4 is 28.7 Å². The molecular formula is C22H15ClFN3. The molecule has 0 N–H and O–H groups in total. The largest absolute Gasteiger partial charge is 0.310 e. The lowest BCUT2D eigenvalue weighted by molar-refractivity contribution is 0.587. The molecule has 2 aromatic heterocycles. The quantitative estimate of drug-likeness (QED) is 0.386. The number of aromatic nitrogens is 2. The molecule has 0 radical (unpaired) electrons. The number of hydrogen-bond donors (Lipinski definition) is 0. The van der Waals surface area contributed by atoms with E-state index in [1.54, 1.807) is 18.3 Å². The van der Waals surface area contributed by atoms with Crippen LogP contribution in [0.2, 0.25) is 5.15 Å². The Hall–Kier alpha value is -3.24. The molecule has 0 atom stereocenters. The minimum absolute atomic E-state index is 0.114. The highest BCUT2D eigenvalue weighted by Crippen LogP contribution is 2.35. The van der Waals surface area contributed by atoms with Gasteiger partial charge in [-0.3, -0.25) is 4.98 Å². The van der Waals surface area contributed by atoms with Gasteiger partial charge in [0.05, 0.1) is 11.3 Å². The summed E-state index contributed by atoms with van der Waals surface area (Å²) in [6, 6.07) is 26.9. The van der Waals surface area contributed by atoms with E-state index in [1.165, 1.54) is 0 Å². The summed E-state index contributed by atoms with van der Waals surface area (Å²) < 4.78 is 14.3. The van der Waals surface area contributed by atoms with Crippen LogP contribution in [-0.4, -0.2) is 9.97 Å². The van der Waals surface area contributed by atoms with Crippen molar-refractivity contribution in [2.45, 2.75) is 0 Å². The maximum atomic E-state index is 14.3. The highest BCUT2D eigenvalue weighted by atomic mass is 35.5. The Balaban J connectivity index is 1.84. The molecule has 0 aliphatic heterocycles. The highest BCUT2D eigenvalue weighted by molar-refractivity contribution is 6.29. The van der Waals surface area contributed by atoms with E-state index in [4.69, 9.17) is 11.6 Å². The number of anilines is 3. The van der Waals surface area contributed by atoms with Crippen molar-refractivity contribution in [3.05, 3.63) is 102 Å². The Labute approximate surface area is 161 Å². The van der Waals surface area contributed by atoms with Gasteiger partial charge in [-0.15, -0.1) is 0 Å². The fourth-order valence-electron chi connectivity index (χ4n) is 2.91. The molecule has 0 saturated heterocycles. The Kier molecular flexibility index (Phi) is 4.81. The van der Waals surface area contributed by atoms with Crippen LogP contribution in [-0.2, 0) is 0 Å². The molecule has 0 aliphatic rings. The summed E-state index contributed by atoms with van der Waals surface area (Å²) in [6.45, 7) is 0. The SMILES string of the molecule is Fc1nc(Cl)ccc1-c1cc(N(c2ccccc2)c2ccccc2)ccn1. The van der Waals surface area contributed by atoms with E-state index >= 15 is 0 Å². The molecule has 27 heavy (non-hydrogen) atoms. The fourth-order valence-corrected chi connectivity index (χ4v) is 3.05. The van der Waals surface area contributed by atoms with Gasteiger partial charge < -0.3 is 4.90 Å². The third kappa shape index (κ3) is 3.66. The second-order valence-corrected chi connectivity index (χ2v) is 6.27. The van der Waals surface area contributed by atoms with Gasteiger partial charge in [-0.05, 0) is 48.5 Å². The lowest BCUT2D eigenvalue weighted by Crippen LogP contribution is -2.10. The third-order valence-corrected chi connectivity index (χ3v) is 4.33. The zero-order valence-corrected chi connectivity index (χ0v) is 15.0. The smallest absolute Gasteiger partial charge is 0.223 e. The lowest BCUT2D eigenvalue weighted by Gasteiger charge is -2.25. The van der Waals surface area contributed by atoms with Gasteiger partial charge in [-0.1, -0.05) is 48.0 Å². The Bertz CT molecular complexity index is 1020. The molecule has 3 nitrogen and oxygen atoms in total. The number of hydrogen-bond acceptors (Lipinski definition) is 3. The van der Waals surface area contributed by atoms with Crippen LogP contribution >= 0.6 is 11.6 Å². The molecule has 132 valence electrons. The van der Waals surface area contributed by atoms with Crippen LogP contribution in [0, 0.1) is 5.95 Å². The number of benzene rings is 2. The van der Waals surface area contributed by atoms with Crippen molar-refractivity contribution in [1.29, 1.82) is 0 Å². The van der Waals surface area contributed by atoms with Gasteiger partial charge in [0, 0.05) is 23.3 Å². The van der Waals surface area contributed by atoms with E-state index in [9.17, 15) is 4.39 Å². The standard InChI is InChI=1S/C22H15ClFN3/c23-21-12-11-19(22(24)26-21)20-15-18(13-14-25-20)27(16-7-3-1-4-8-16)17-9-5-2-6-10-17/h1-15H. The monoisotopic (exact) mass is 375 g/mol. The number of pyridine rings is 2. The van der Waals surface area contributed by atoms with Gasteiger partial charge >= 0.3 is 0 Å². The van der Waals surface area contributed by atoms with E-state index in [2.05, 4.69) is 14.9 Å². The van der Waals surface area contributed by atoms with Gasteiger partial charge in [0.15, 0.2) is 0 Å². The van der Waals surface area contributed by atoms with Crippen molar-refractivity contribution in [3.8, 4) is 11.3 Å². The summed E-state index contributed by atoms with van der Waals surface area (Å²) in [7, 11) is 0. The van der Waals surface area contributed by atoms with E-state index in [0.29, 0.717) is 11.3 Å². The molecule has 0 bridgehead atoms. The van der Waals surface area contributed by atoms with Gasteiger partial charge in [0.2, 0.25) is 5.95 Å². The summed E-state index contributed by atoms with van der Waals surface area (Å²) in [5, 5.41) is 0.114. The number of halogens is 2. The highest BCUT2D eigenvalue weighted by Gasteiger charge is 2.15. The minimum Gasteiger partial charge on any atom is -0.310 e. The van der Waals surface area contributed by atoms with E-state index in [0.717, 1.165) is 17.1 Å². The Morgan fingerprint density at radius 2 is 1.37 bits per heavy atom. The molecule has 0 spiro atoms. The topological polar surface area (TPSA) is 29.0 Å². The molecule has 4 aromatic rings. The number of para-hydroxylation sites is 2. The first-order valence-electron chi connectivity index (χ1n) is 8.41. The summed E-state index contributed by atoms with van der Waals surface area (Å²) in [6.07, 6.45) is 1.66. The molecule has 0 unspecified atom stereocenters. The van der Waals surface area contributed by atoms with Crippen LogP contribution in [0.1, 0.15) is 0 Å². The van der Waals surface area contributed by atoms with Gasteiger partial charge in [-0.25, -0.2) is 4.98 Å². The lowest BCUT2D eigenvalue weighted by atomic mass is 10.1. The maximum absolute atomic E-state index is 14.3. The van der Waals surface area contributed by atoms with E-state index in [-0.39, 0.29) is 5.15 Å². The molecule has 5 heteroatoms. The van der Waals surface area contributed by atoms with Gasteiger partial charge in [-0.2, -0.15) is 4.39 Å². The zero-order chi connectivity index (χ0) is 18.6. The van der Waals surface area contributed by atoms with Crippen molar-refractivity contribution in [3.63, 3.8) is 0 Å². The Morgan fingerprint density at radius 3 is 1.96 bits per heavy atom. The van der Waals surface area contributed by atoms with Crippen molar-refractivity contribution < 1.29 is 4.39 Å².